The van der Waals surface area contributed by atoms with Crippen LogP contribution in [0.4, 0.5) is 13.2 Å². The van der Waals surface area contributed by atoms with E-state index in [0.29, 0.717) is 0 Å². The number of alkyl halides is 3. The molecule has 116 valence electrons. The lowest BCUT2D eigenvalue weighted by molar-refractivity contribution is -0.151. The molecule has 21 heavy (non-hydrogen) atoms. The van der Waals surface area contributed by atoms with Crippen LogP contribution in [0, 0.1) is 0 Å². The van der Waals surface area contributed by atoms with E-state index in [1.807, 2.05) is 5.32 Å². The molecule has 2 N–H and O–H groups in total. The Morgan fingerprint density at radius 3 is 2.57 bits per heavy atom. The lowest BCUT2D eigenvalue weighted by Crippen LogP contribution is -2.42. The molecule has 0 saturated carbocycles. The summed E-state index contributed by atoms with van der Waals surface area (Å²) >= 11 is 0. The van der Waals surface area contributed by atoms with Gasteiger partial charge in [0.15, 0.2) is 6.04 Å². The highest BCUT2D eigenvalue weighted by molar-refractivity contribution is 5.79. The highest BCUT2D eigenvalue weighted by Gasteiger charge is 2.38. The van der Waals surface area contributed by atoms with Gasteiger partial charge in [0, 0.05) is 0 Å². The van der Waals surface area contributed by atoms with E-state index in [-0.39, 0.29) is 13.0 Å². The summed E-state index contributed by atoms with van der Waals surface area (Å²) in [6.45, 7) is 1.45. The van der Waals surface area contributed by atoms with E-state index >= 15 is 0 Å². The largest absolute Gasteiger partial charge is 0.464 e. The second-order valence-electron chi connectivity index (χ2n) is 4.04. The summed E-state index contributed by atoms with van der Waals surface area (Å²) in [7, 11) is 0. The van der Waals surface area contributed by atoms with Crippen molar-refractivity contribution in [2.24, 2.45) is 0 Å². The molecule has 0 aliphatic rings. The molecule has 0 bridgehead atoms. The molecule has 1 aromatic carbocycles. The zero-order valence-electron chi connectivity index (χ0n) is 11.1. The van der Waals surface area contributed by atoms with Crippen LogP contribution in [0.1, 0.15) is 24.2 Å². The monoisotopic (exact) mass is 305 g/mol. The van der Waals surface area contributed by atoms with E-state index in [9.17, 15) is 27.9 Å². The summed E-state index contributed by atoms with van der Waals surface area (Å²) in [5, 5.41) is 12.0. The minimum Gasteiger partial charge on any atom is -0.464 e. The normalized spacial score (nSPS) is 14.1. The van der Waals surface area contributed by atoms with Crippen LogP contribution in [0.5, 0.6) is 0 Å². The minimum absolute atomic E-state index is 0.0382. The van der Waals surface area contributed by atoms with E-state index in [1.165, 1.54) is 13.0 Å². The Morgan fingerprint density at radius 2 is 2.05 bits per heavy atom. The van der Waals surface area contributed by atoms with E-state index in [1.54, 1.807) is 0 Å². The van der Waals surface area contributed by atoms with Crippen LogP contribution in [-0.4, -0.2) is 30.1 Å². The molecule has 0 saturated heterocycles. The van der Waals surface area contributed by atoms with Crippen LogP contribution in [0.3, 0.4) is 0 Å². The molecule has 0 aliphatic carbocycles. The first-order valence-corrected chi connectivity index (χ1v) is 6.03. The summed E-state index contributed by atoms with van der Waals surface area (Å²) < 4.78 is 43.3. The molecular formula is C13H14F3NO4. The Kier molecular flexibility index (Phi) is 5.71. The predicted octanol–water partition coefficient (Wildman–Crippen LogP) is 1.42. The Hall–Kier alpha value is -2.09. The Balaban J connectivity index is 3.18. The number of carbonyl (C=O) groups is 2. The Morgan fingerprint density at radius 1 is 1.43 bits per heavy atom. The first-order chi connectivity index (χ1) is 9.82. The van der Waals surface area contributed by atoms with Crippen molar-refractivity contribution >= 4 is 12.4 Å². The number of amides is 1. The molecule has 0 heterocycles. The number of hydrogen-bond donors (Lipinski definition) is 2. The number of ether oxygens (including phenoxy) is 1. The Labute approximate surface area is 118 Å². The van der Waals surface area contributed by atoms with Gasteiger partial charge in [-0.25, -0.2) is 4.79 Å². The SMILES string of the molecule is CCOC(=O)C(NC=O)C(O)c1ccccc1C(F)(F)F. The van der Waals surface area contributed by atoms with Gasteiger partial charge in [0.2, 0.25) is 6.41 Å². The summed E-state index contributed by atoms with van der Waals surface area (Å²) in [4.78, 5) is 22.1. The van der Waals surface area contributed by atoms with Crippen molar-refractivity contribution < 1.29 is 32.6 Å². The predicted molar refractivity (Wildman–Crippen MR) is 66.0 cm³/mol. The van der Waals surface area contributed by atoms with Crippen molar-refractivity contribution in [2.45, 2.75) is 25.2 Å². The molecule has 2 atom stereocenters. The number of benzene rings is 1. The topological polar surface area (TPSA) is 75.6 Å². The molecular weight excluding hydrogens is 291 g/mol. The summed E-state index contributed by atoms with van der Waals surface area (Å²) in [5.41, 5.74) is -1.60. The van der Waals surface area contributed by atoms with Crippen LogP contribution in [-0.2, 0) is 20.5 Å². The highest BCUT2D eigenvalue weighted by atomic mass is 19.4. The molecule has 1 aromatic rings. The number of nitrogens with one attached hydrogen (secondary N) is 1. The van der Waals surface area contributed by atoms with Gasteiger partial charge in [-0.15, -0.1) is 0 Å². The fraction of sp³-hybridized carbons (Fsp3) is 0.385. The average molecular weight is 305 g/mol. The number of halogens is 3. The van der Waals surface area contributed by atoms with E-state index in [2.05, 4.69) is 4.74 Å². The molecule has 0 fully saturated rings. The molecule has 1 rings (SSSR count). The third-order valence-corrected chi connectivity index (χ3v) is 2.69. The molecule has 0 radical (unpaired) electrons. The van der Waals surface area contributed by atoms with Gasteiger partial charge in [0.25, 0.3) is 0 Å². The van der Waals surface area contributed by atoms with Gasteiger partial charge in [-0.2, -0.15) is 13.2 Å². The van der Waals surface area contributed by atoms with Gasteiger partial charge in [-0.3, -0.25) is 4.79 Å². The summed E-state index contributed by atoms with van der Waals surface area (Å²) in [6, 6.07) is 2.64. The lowest BCUT2D eigenvalue weighted by atomic mass is 9.97. The highest BCUT2D eigenvalue weighted by Crippen LogP contribution is 2.35. The Bertz CT molecular complexity index is 504. The quantitative estimate of drug-likeness (QED) is 0.615. The summed E-state index contributed by atoms with van der Waals surface area (Å²) in [6.07, 6.45) is -6.47. The van der Waals surface area contributed by atoms with Gasteiger partial charge in [-0.1, -0.05) is 18.2 Å². The molecule has 0 aliphatic heterocycles. The zero-order valence-corrected chi connectivity index (χ0v) is 11.1. The second kappa shape index (κ2) is 7.07. The lowest BCUT2D eigenvalue weighted by Gasteiger charge is -2.23. The average Bonchev–Trinajstić information content (AvgIpc) is 2.43. The standard InChI is InChI=1S/C13H14F3NO4/c1-2-21-12(20)10(17-7-18)11(19)8-5-3-4-6-9(8)13(14,15)16/h3-7,10-11,19H,2H2,1H3,(H,17,18). The van der Waals surface area contributed by atoms with E-state index in [0.717, 1.165) is 18.2 Å². The van der Waals surface area contributed by atoms with Crippen molar-refractivity contribution in [3.8, 4) is 0 Å². The number of hydrogen-bond acceptors (Lipinski definition) is 4. The number of esters is 1. The van der Waals surface area contributed by atoms with E-state index < -0.39 is 35.4 Å². The second-order valence-corrected chi connectivity index (χ2v) is 4.04. The third kappa shape index (κ3) is 4.19. The van der Waals surface area contributed by atoms with Gasteiger partial charge >= 0.3 is 12.1 Å². The minimum atomic E-state index is -4.70. The molecule has 0 aromatic heterocycles. The van der Waals surface area contributed by atoms with Crippen LogP contribution in [0.25, 0.3) is 0 Å². The van der Waals surface area contributed by atoms with Gasteiger partial charge in [0.1, 0.15) is 6.10 Å². The molecule has 2 unspecified atom stereocenters. The van der Waals surface area contributed by atoms with Crippen molar-refractivity contribution in [3.05, 3.63) is 35.4 Å². The van der Waals surface area contributed by atoms with Crippen LogP contribution in [0.15, 0.2) is 24.3 Å². The fourth-order valence-corrected chi connectivity index (χ4v) is 1.79. The number of aliphatic hydroxyl groups excluding tert-OH is 1. The van der Waals surface area contributed by atoms with Crippen molar-refractivity contribution in [1.29, 1.82) is 0 Å². The smallest absolute Gasteiger partial charge is 0.416 e. The number of rotatable bonds is 6. The number of carbonyl (C=O) groups excluding carboxylic acids is 2. The first kappa shape index (κ1) is 17.0. The van der Waals surface area contributed by atoms with Crippen molar-refractivity contribution in [1.82, 2.24) is 5.32 Å². The van der Waals surface area contributed by atoms with E-state index in [4.69, 9.17) is 0 Å². The van der Waals surface area contributed by atoms with Crippen LogP contribution < -0.4 is 5.32 Å². The zero-order chi connectivity index (χ0) is 16.0. The number of aliphatic hydroxyl groups is 1. The van der Waals surface area contributed by atoms with Crippen LogP contribution in [0.2, 0.25) is 0 Å². The maximum Gasteiger partial charge on any atom is 0.416 e. The third-order valence-electron chi connectivity index (χ3n) is 2.69. The fourth-order valence-electron chi connectivity index (χ4n) is 1.79. The maximum absolute atomic E-state index is 12.9. The van der Waals surface area contributed by atoms with Crippen molar-refractivity contribution in [2.75, 3.05) is 6.61 Å². The van der Waals surface area contributed by atoms with Crippen molar-refractivity contribution in [3.63, 3.8) is 0 Å². The van der Waals surface area contributed by atoms with Crippen LogP contribution >= 0.6 is 0 Å². The first-order valence-electron chi connectivity index (χ1n) is 6.03. The molecule has 1 amide bonds. The summed E-state index contributed by atoms with van der Waals surface area (Å²) in [5.74, 6) is -1.02. The molecule has 8 heteroatoms. The molecule has 5 nitrogen and oxygen atoms in total. The maximum atomic E-state index is 12.9. The van der Waals surface area contributed by atoms with Gasteiger partial charge in [-0.05, 0) is 18.6 Å². The van der Waals surface area contributed by atoms with Gasteiger partial charge < -0.3 is 15.2 Å². The van der Waals surface area contributed by atoms with Gasteiger partial charge in [0.05, 0.1) is 12.2 Å². The molecule has 0 spiro atoms.